The fourth-order valence-electron chi connectivity index (χ4n) is 2.43. The molecule has 0 spiro atoms. The average Bonchev–Trinajstić information content (AvgIpc) is 2.92. The van der Waals surface area contributed by atoms with E-state index in [1.54, 1.807) is 0 Å². The molecule has 0 bridgehead atoms. The predicted octanol–water partition coefficient (Wildman–Crippen LogP) is 5.41. The fraction of sp³-hybridized carbons (Fsp3) is 0.200. The summed E-state index contributed by atoms with van der Waals surface area (Å²) in [5.74, 6) is 3.06. The predicted molar refractivity (Wildman–Crippen MR) is 100 cm³/mol. The summed E-state index contributed by atoms with van der Waals surface area (Å²) in [7, 11) is 0. The number of rotatable bonds is 1. The van der Waals surface area contributed by atoms with Gasteiger partial charge in [0.2, 0.25) is 0 Å². The van der Waals surface area contributed by atoms with Gasteiger partial charge >= 0.3 is 0 Å². The molecule has 3 heterocycles. The molecule has 1 aliphatic heterocycles. The van der Waals surface area contributed by atoms with Gasteiger partial charge in [0.25, 0.3) is 0 Å². The minimum absolute atomic E-state index is 0.536. The highest BCUT2D eigenvalue weighted by atomic mass is 127. The summed E-state index contributed by atoms with van der Waals surface area (Å²) >= 11 is 12.4. The van der Waals surface area contributed by atoms with Crippen LogP contribution in [0.3, 0.4) is 0 Å². The maximum absolute atomic E-state index is 6.36. The van der Waals surface area contributed by atoms with E-state index < -0.39 is 0 Å². The first kappa shape index (κ1) is 14.2. The molecule has 0 N–H and O–H groups in total. The number of thioether (sulfide) groups is 1. The average molecular weight is 445 g/mol. The molecular formula is C15H10ClIN2S2. The zero-order valence-corrected chi connectivity index (χ0v) is 15.4. The molecule has 0 saturated heterocycles. The lowest BCUT2D eigenvalue weighted by Gasteiger charge is -2.08. The molecule has 2 nitrogen and oxygen atoms in total. The molecule has 0 unspecified atom stereocenters. The zero-order chi connectivity index (χ0) is 14.4. The highest BCUT2D eigenvalue weighted by molar-refractivity contribution is 14.1. The van der Waals surface area contributed by atoms with Crippen LogP contribution >= 0.6 is 57.3 Å². The molecule has 0 amide bonds. The minimum atomic E-state index is 0.536. The van der Waals surface area contributed by atoms with Crippen molar-refractivity contribution in [3.63, 3.8) is 0 Å². The summed E-state index contributed by atoms with van der Waals surface area (Å²) in [6.45, 7) is 0. The third kappa shape index (κ3) is 2.69. The van der Waals surface area contributed by atoms with Crippen LogP contribution in [0.4, 0.5) is 0 Å². The second-order valence-corrected chi connectivity index (χ2v) is 8.71. The zero-order valence-electron chi connectivity index (χ0n) is 10.9. The summed E-state index contributed by atoms with van der Waals surface area (Å²) in [6, 6.07) is 8.32. The van der Waals surface area contributed by atoms with E-state index in [2.05, 4.69) is 33.6 Å². The Labute approximate surface area is 149 Å². The number of hydrogen-bond donors (Lipinski definition) is 0. The number of benzene rings is 1. The summed E-state index contributed by atoms with van der Waals surface area (Å²) < 4.78 is 1.14. The van der Waals surface area contributed by atoms with E-state index in [9.17, 15) is 0 Å². The Morgan fingerprint density at radius 3 is 2.95 bits per heavy atom. The van der Waals surface area contributed by atoms with Gasteiger partial charge in [0.15, 0.2) is 5.82 Å². The van der Waals surface area contributed by atoms with Gasteiger partial charge in [0, 0.05) is 19.6 Å². The monoisotopic (exact) mass is 444 g/mol. The van der Waals surface area contributed by atoms with Gasteiger partial charge in [0.1, 0.15) is 5.15 Å². The molecule has 0 atom stereocenters. The molecule has 0 saturated carbocycles. The molecule has 21 heavy (non-hydrogen) atoms. The summed E-state index contributed by atoms with van der Waals surface area (Å²) in [5, 5.41) is 1.46. The van der Waals surface area contributed by atoms with Crippen LogP contribution in [0, 0.1) is 3.57 Å². The summed E-state index contributed by atoms with van der Waals surface area (Å²) in [6.07, 6.45) is 1.16. The maximum Gasteiger partial charge on any atom is 0.171 e. The van der Waals surface area contributed by atoms with E-state index in [0.717, 1.165) is 37.3 Å². The van der Waals surface area contributed by atoms with Crippen molar-refractivity contribution in [2.45, 2.75) is 12.2 Å². The largest absolute Gasteiger partial charge is 0.227 e. The SMILES string of the molecule is Clc1nc(-c2cc3c(s2)CCSC3)nc2ccc(I)cc12. The minimum Gasteiger partial charge on any atom is -0.227 e. The van der Waals surface area contributed by atoms with Crippen LogP contribution in [0.1, 0.15) is 10.4 Å². The molecule has 1 aromatic carbocycles. The van der Waals surface area contributed by atoms with Gasteiger partial charge in [-0.1, -0.05) is 11.6 Å². The van der Waals surface area contributed by atoms with Crippen molar-refractivity contribution in [2.24, 2.45) is 0 Å². The second-order valence-electron chi connectivity index (χ2n) is 4.86. The van der Waals surface area contributed by atoms with Crippen LogP contribution in [0.15, 0.2) is 24.3 Å². The van der Waals surface area contributed by atoms with Gasteiger partial charge in [-0.25, -0.2) is 9.97 Å². The molecule has 6 heteroatoms. The number of halogens is 2. The number of nitrogens with zero attached hydrogens (tertiary/aromatic N) is 2. The van der Waals surface area contributed by atoms with Gasteiger partial charge in [-0.05, 0) is 64.6 Å². The number of aryl methyl sites for hydroxylation is 1. The van der Waals surface area contributed by atoms with Crippen LogP contribution in [0.2, 0.25) is 5.15 Å². The van der Waals surface area contributed by atoms with Crippen LogP contribution in [-0.4, -0.2) is 15.7 Å². The van der Waals surface area contributed by atoms with E-state index >= 15 is 0 Å². The van der Waals surface area contributed by atoms with E-state index in [0.29, 0.717) is 5.15 Å². The van der Waals surface area contributed by atoms with E-state index in [1.165, 1.54) is 16.2 Å². The second kappa shape index (κ2) is 5.68. The lowest BCUT2D eigenvalue weighted by atomic mass is 10.2. The van der Waals surface area contributed by atoms with Crippen molar-refractivity contribution in [1.29, 1.82) is 0 Å². The van der Waals surface area contributed by atoms with Crippen LogP contribution in [0.5, 0.6) is 0 Å². The lowest BCUT2D eigenvalue weighted by molar-refractivity contribution is 1.13. The van der Waals surface area contributed by atoms with Gasteiger partial charge < -0.3 is 0 Å². The van der Waals surface area contributed by atoms with E-state index in [1.807, 2.05) is 41.3 Å². The molecule has 0 radical (unpaired) electrons. The maximum atomic E-state index is 6.36. The van der Waals surface area contributed by atoms with Crippen LogP contribution < -0.4 is 0 Å². The van der Waals surface area contributed by atoms with Gasteiger partial charge in [-0.15, -0.1) is 11.3 Å². The molecule has 0 aliphatic carbocycles. The number of fused-ring (bicyclic) bond motifs is 2. The van der Waals surface area contributed by atoms with Gasteiger partial charge in [-0.3, -0.25) is 0 Å². The number of thiophene rings is 1. The Balaban J connectivity index is 1.86. The Morgan fingerprint density at radius 2 is 2.10 bits per heavy atom. The summed E-state index contributed by atoms with van der Waals surface area (Å²) in [5.41, 5.74) is 2.35. The molecule has 4 rings (SSSR count). The fourth-order valence-corrected chi connectivity index (χ4v) is 5.46. The van der Waals surface area contributed by atoms with Gasteiger partial charge in [-0.2, -0.15) is 11.8 Å². The Hall–Kier alpha value is -0.370. The first-order chi connectivity index (χ1) is 10.2. The Kier molecular flexibility index (Phi) is 3.85. The van der Waals surface area contributed by atoms with Gasteiger partial charge in [0.05, 0.1) is 10.4 Å². The van der Waals surface area contributed by atoms with Crippen molar-refractivity contribution in [3.8, 4) is 10.7 Å². The standard InChI is InChI=1S/C15H10ClIN2S2/c16-14-10-6-9(17)1-2-11(10)18-15(19-14)13-5-8-7-20-4-3-12(8)21-13/h1-2,5-6H,3-4,7H2. The first-order valence-electron chi connectivity index (χ1n) is 6.53. The quantitative estimate of drug-likeness (QED) is 0.371. The third-order valence-electron chi connectivity index (χ3n) is 3.46. The van der Waals surface area contributed by atoms with E-state index in [-0.39, 0.29) is 0 Å². The van der Waals surface area contributed by atoms with Crippen molar-refractivity contribution in [3.05, 3.63) is 43.4 Å². The molecule has 2 aromatic heterocycles. The third-order valence-corrected chi connectivity index (χ3v) is 6.66. The molecule has 3 aromatic rings. The van der Waals surface area contributed by atoms with Crippen LogP contribution in [0.25, 0.3) is 21.6 Å². The molecule has 0 fully saturated rings. The number of aromatic nitrogens is 2. The molecular weight excluding hydrogens is 435 g/mol. The van der Waals surface area contributed by atoms with Crippen molar-refractivity contribution in [2.75, 3.05) is 5.75 Å². The van der Waals surface area contributed by atoms with E-state index in [4.69, 9.17) is 16.6 Å². The Bertz CT molecular complexity index is 824. The van der Waals surface area contributed by atoms with Crippen molar-refractivity contribution in [1.82, 2.24) is 9.97 Å². The highest BCUT2D eigenvalue weighted by Crippen LogP contribution is 2.36. The lowest BCUT2D eigenvalue weighted by Crippen LogP contribution is -1.96. The Morgan fingerprint density at radius 1 is 1.19 bits per heavy atom. The molecule has 106 valence electrons. The van der Waals surface area contributed by atoms with Crippen molar-refractivity contribution < 1.29 is 0 Å². The van der Waals surface area contributed by atoms with Crippen molar-refractivity contribution >= 4 is 68.2 Å². The number of hydrogen-bond acceptors (Lipinski definition) is 4. The smallest absolute Gasteiger partial charge is 0.171 e. The van der Waals surface area contributed by atoms with Crippen LogP contribution in [-0.2, 0) is 12.2 Å². The normalized spacial score (nSPS) is 14.4. The highest BCUT2D eigenvalue weighted by Gasteiger charge is 2.17. The first-order valence-corrected chi connectivity index (χ1v) is 9.96. The molecule has 1 aliphatic rings. The summed E-state index contributed by atoms with van der Waals surface area (Å²) in [4.78, 5) is 11.8. The topological polar surface area (TPSA) is 25.8 Å².